The SMILES string of the molecule is O=C(c1cccc(Br)c1)N1CCCCC1c1nc(-c2ccc(F)cc2)no1. The summed E-state index contributed by atoms with van der Waals surface area (Å²) in [6, 6.07) is 13.0. The Bertz CT molecular complexity index is 958. The lowest BCUT2D eigenvalue weighted by Crippen LogP contribution is -2.38. The van der Waals surface area contributed by atoms with Crippen molar-refractivity contribution in [2.75, 3.05) is 6.54 Å². The molecule has 0 spiro atoms. The van der Waals surface area contributed by atoms with E-state index in [0.29, 0.717) is 29.4 Å². The normalized spacial score (nSPS) is 17.1. The molecule has 0 N–H and O–H groups in total. The molecular weight excluding hydrogens is 413 g/mol. The van der Waals surface area contributed by atoms with Gasteiger partial charge in [-0.1, -0.05) is 27.2 Å². The molecule has 2 aromatic carbocycles. The van der Waals surface area contributed by atoms with Crippen LogP contribution in [0.15, 0.2) is 57.5 Å². The second-order valence-electron chi connectivity index (χ2n) is 6.48. The topological polar surface area (TPSA) is 59.2 Å². The van der Waals surface area contributed by atoms with Crippen molar-refractivity contribution in [2.45, 2.75) is 25.3 Å². The van der Waals surface area contributed by atoms with Gasteiger partial charge in [-0.2, -0.15) is 4.98 Å². The van der Waals surface area contributed by atoms with Gasteiger partial charge in [-0.25, -0.2) is 4.39 Å². The van der Waals surface area contributed by atoms with Crippen molar-refractivity contribution in [3.8, 4) is 11.4 Å². The second-order valence-corrected chi connectivity index (χ2v) is 7.40. The second kappa shape index (κ2) is 7.60. The molecule has 27 heavy (non-hydrogen) atoms. The molecule has 138 valence electrons. The van der Waals surface area contributed by atoms with E-state index in [9.17, 15) is 9.18 Å². The standard InChI is InChI=1S/C20H17BrFN3O2/c21-15-5-3-4-14(12-15)20(26)25-11-2-1-6-17(25)19-23-18(24-27-19)13-7-9-16(22)10-8-13/h3-5,7-10,12,17H,1-2,6,11H2. The van der Waals surface area contributed by atoms with Gasteiger partial charge in [-0.15, -0.1) is 0 Å². The van der Waals surface area contributed by atoms with Crippen LogP contribution in [-0.2, 0) is 0 Å². The van der Waals surface area contributed by atoms with Crippen molar-refractivity contribution in [3.05, 3.63) is 70.3 Å². The molecule has 7 heteroatoms. The fraction of sp³-hybridized carbons (Fsp3) is 0.250. The van der Waals surface area contributed by atoms with Crippen molar-refractivity contribution in [1.82, 2.24) is 15.0 Å². The minimum absolute atomic E-state index is 0.0532. The fourth-order valence-corrected chi connectivity index (χ4v) is 3.70. The van der Waals surface area contributed by atoms with Gasteiger partial charge in [-0.3, -0.25) is 4.79 Å². The molecule has 1 amide bonds. The molecule has 1 unspecified atom stereocenters. The van der Waals surface area contributed by atoms with Crippen molar-refractivity contribution in [3.63, 3.8) is 0 Å². The third-order valence-corrected chi connectivity index (χ3v) is 5.16. The summed E-state index contributed by atoms with van der Waals surface area (Å²) in [6.45, 7) is 0.643. The highest BCUT2D eigenvalue weighted by molar-refractivity contribution is 9.10. The van der Waals surface area contributed by atoms with Crippen LogP contribution in [0.25, 0.3) is 11.4 Å². The molecule has 1 aliphatic rings. The van der Waals surface area contributed by atoms with Crippen LogP contribution in [0, 0.1) is 5.82 Å². The maximum Gasteiger partial charge on any atom is 0.254 e. The van der Waals surface area contributed by atoms with E-state index >= 15 is 0 Å². The lowest BCUT2D eigenvalue weighted by molar-refractivity contribution is 0.0561. The zero-order valence-electron chi connectivity index (χ0n) is 14.4. The largest absolute Gasteiger partial charge is 0.337 e. The molecule has 0 aliphatic carbocycles. The molecule has 1 saturated heterocycles. The molecule has 1 fully saturated rings. The van der Waals surface area contributed by atoms with Crippen LogP contribution in [0.1, 0.15) is 41.6 Å². The first-order chi connectivity index (χ1) is 13.1. The number of benzene rings is 2. The number of halogens is 2. The number of piperidine rings is 1. The van der Waals surface area contributed by atoms with Crippen molar-refractivity contribution >= 4 is 21.8 Å². The Morgan fingerprint density at radius 1 is 1.19 bits per heavy atom. The first-order valence-electron chi connectivity index (χ1n) is 8.78. The van der Waals surface area contributed by atoms with Crippen LogP contribution < -0.4 is 0 Å². The minimum atomic E-state index is -0.319. The Kier molecular flexibility index (Phi) is 5.03. The average molecular weight is 430 g/mol. The number of likely N-dealkylation sites (tertiary alicyclic amines) is 1. The van der Waals surface area contributed by atoms with Gasteiger partial charge >= 0.3 is 0 Å². The maximum atomic E-state index is 13.1. The van der Waals surface area contributed by atoms with Gasteiger partial charge in [0.25, 0.3) is 5.91 Å². The van der Waals surface area contributed by atoms with E-state index in [4.69, 9.17) is 4.52 Å². The molecule has 0 bridgehead atoms. The fourth-order valence-electron chi connectivity index (χ4n) is 3.31. The molecule has 0 radical (unpaired) electrons. The zero-order valence-corrected chi connectivity index (χ0v) is 16.0. The number of amides is 1. The molecule has 4 rings (SSSR count). The van der Waals surface area contributed by atoms with Gasteiger partial charge in [0.1, 0.15) is 11.9 Å². The highest BCUT2D eigenvalue weighted by Crippen LogP contribution is 2.32. The Balaban J connectivity index is 1.61. The number of hydrogen-bond donors (Lipinski definition) is 0. The zero-order chi connectivity index (χ0) is 18.8. The molecule has 3 aromatic rings. The number of carbonyl (C=O) groups is 1. The van der Waals surface area contributed by atoms with E-state index in [2.05, 4.69) is 26.1 Å². The van der Waals surface area contributed by atoms with Crippen LogP contribution in [-0.4, -0.2) is 27.5 Å². The van der Waals surface area contributed by atoms with Gasteiger partial charge < -0.3 is 9.42 Å². The minimum Gasteiger partial charge on any atom is -0.337 e. The molecule has 1 atom stereocenters. The quantitative estimate of drug-likeness (QED) is 0.587. The van der Waals surface area contributed by atoms with Crippen LogP contribution in [0.3, 0.4) is 0 Å². The number of rotatable bonds is 3. The van der Waals surface area contributed by atoms with Gasteiger partial charge in [0.15, 0.2) is 0 Å². The van der Waals surface area contributed by atoms with Crippen LogP contribution >= 0.6 is 15.9 Å². The summed E-state index contributed by atoms with van der Waals surface area (Å²) in [5.74, 6) is 0.436. The first-order valence-corrected chi connectivity index (χ1v) is 9.57. The van der Waals surface area contributed by atoms with E-state index in [0.717, 1.165) is 23.7 Å². The molecule has 0 saturated carbocycles. The van der Waals surface area contributed by atoms with Gasteiger partial charge in [0.05, 0.1) is 0 Å². The van der Waals surface area contributed by atoms with Crippen LogP contribution in [0.4, 0.5) is 4.39 Å². The van der Waals surface area contributed by atoms with E-state index in [1.807, 2.05) is 18.2 Å². The third-order valence-electron chi connectivity index (χ3n) is 4.66. The Labute approximate surface area is 164 Å². The summed E-state index contributed by atoms with van der Waals surface area (Å²) in [6.07, 6.45) is 2.70. The monoisotopic (exact) mass is 429 g/mol. The smallest absolute Gasteiger partial charge is 0.254 e. The summed E-state index contributed by atoms with van der Waals surface area (Å²) >= 11 is 3.41. The summed E-state index contributed by atoms with van der Waals surface area (Å²) in [5, 5.41) is 4.02. The molecule has 5 nitrogen and oxygen atoms in total. The summed E-state index contributed by atoms with van der Waals surface area (Å²) in [7, 11) is 0. The molecule has 2 heterocycles. The number of hydrogen-bond acceptors (Lipinski definition) is 4. The van der Waals surface area contributed by atoms with E-state index < -0.39 is 0 Å². The molecule has 1 aliphatic heterocycles. The highest BCUT2D eigenvalue weighted by Gasteiger charge is 2.32. The predicted molar refractivity (Wildman–Crippen MR) is 101 cm³/mol. The lowest BCUT2D eigenvalue weighted by Gasteiger charge is -2.33. The summed E-state index contributed by atoms with van der Waals surface area (Å²) in [4.78, 5) is 19.3. The molecule has 1 aromatic heterocycles. The first kappa shape index (κ1) is 17.9. The van der Waals surface area contributed by atoms with Crippen LogP contribution in [0.5, 0.6) is 0 Å². The lowest BCUT2D eigenvalue weighted by atomic mass is 10.0. The number of carbonyl (C=O) groups excluding carboxylic acids is 1. The van der Waals surface area contributed by atoms with E-state index in [1.165, 1.54) is 12.1 Å². The Hall–Kier alpha value is -2.54. The van der Waals surface area contributed by atoms with Crippen molar-refractivity contribution in [2.24, 2.45) is 0 Å². The number of aromatic nitrogens is 2. The third kappa shape index (κ3) is 3.78. The Morgan fingerprint density at radius 2 is 2.00 bits per heavy atom. The van der Waals surface area contributed by atoms with Crippen molar-refractivity contribution < 1.29 is 13.7 Å². The summed E-state index contributed by atoms with van der Waals surface area (Å²) < 4.78 is 19.4. The van der Waals surface area contributed by atoms with Gasteiger partial charge in [-0.05, 0) is 61.7 Å². The van der Waals surface area contributed by atoms with E-state index in [1.54, 1.807) is 23.1 Å². The summed E-state index contributed by atoms with van der Waals surface area (Å²) in [5.41, 5.74) is 1.29. The average Bonchev–Trinajstić information content (AvgIpc) is 3.18. The predicted octanol–water partition coefficient (Wildman–Crippen LogP) is 5.01. The Morgan fingerprint density at radius 3 is 2.78 bits per heavy atom. The van der Waals surface area contributed by atoms with Crippen molar-refractivity contribution in [1.29, 1.82) is 0 Å². The van der Waals surface area contributed by atoms with Gasteiger partial charge in [0.2, 0.25) is 11.7 Å². The van der Waals surface area contributed by atoms with Gasteiger partial charge in [0, 0.05) is 22.1 Å². The van der Waals surface area contributed by atoms with Crippen LogP contribution in [0.2, 0.25) is 0 Å². The highest BCUT2D eigenvalue weighted by atomic mass is 79.9. The van der Waals surface area contributed by atoms with E-state index in [-0.39, 0.29) is 17.8 Å². The molecular formula is C20H17BrFN3O2. The maximum absolute atomic E-state index is 13.1. The number of nitrogens with zero attached hydrogens (tertiary/aromatic N) is 3.